The standard InChI is InChI=1S/C26H23F5N2O3/c27-25(28)7-9-33(10-8-25)22(34)16-3-1-15(2-4-16)17-11-18-12-19(14-24(5-6-24)23(32)35)36-21(18)20(13-17)26(29,30)31/h1-4,11-13H,5-10,14H2,(H2,32,35). The average Bonchev–Trinajstić information content (AvgIpc) is 3.49. The fourth-order valence-electron chi connectivity index (χ4n) is 4.69. The Labute approximate surface area is 203 Å². The van der Waals surface area contributed by atoms with E-state index in [1.54, 1.807) is 6.07 Å². The minimum atomic E-state index is -4.68. The number of alkyl halides is 5. The van der Waals surface area contributed by atoms with Gasteiger partial charge in [0.1, 0.15) is 11.3 Å². The molecule has 0 radical (unpaired) electrons. The molecule has 1 aliphatic carbocycles. The van der Waals surface area contributed by atoms with Gasteiger partial charge in [-0.15, -0.1) is 0 Å². The maximum atomic E-state index is 13.9. The maximum absolute atomic E-state index is 13.9. The number of furan rings is 1. The topological polar surface area (TPSA) is 76.5 Å². The van der Waals surface area contributed by atoms with Crippen molar-refractivity contribution in [2.75, 3.05) is 13.1 Å². The van der Waals surface area contributed by atoms with Crippen LogP contribution in [0.2, 0.25) is 0 Å². The van der Waals surface area contributed by atoms with Crippen LogP contribution in [0.3, 0.4) is 0 Å². The van der Waals surface area contributed by atoms with Crippen molar-refractivity contribution in [3.63, 3.8) is 0 Å². The maximum Gasteiger partial charge on any atom is 0.420 e. The highest BCUT2D eigenvalue weighted by atomic mass is 19.4. The molecule has 5 rings (SSSR count). The summed E-state index contributed by atoms with van der Waals surface area (Å²) in [6.45, 7) is -0.113. The van der Waals surface area contributed by atoms with Crippen LogP contribution in [-0.2, 0) is 17.4 Å². The van der Waals surface area contributed by atoms with E-state index in [1.807, 2.05) is 0 Å². The molecule has 2 heterocycles. The predicted molar refractivity (Wildman–Crippen MR) is 121 cm³/mol. The van der Waals surface area contributed by atoms with Gasteiger partial charge in [0.05, 0.1) is 11.0 Å². The first-order valence-electron chi connectivity index (χ1n) is 11.6. The molecule has 36 heavy (non-hydrogen) atoms. The highest BCUT2D eigenvalue weighted by Gasteiger charge is 2.49. The first kappa shape index (κ1) is 24.3. The van der Waals surface area contributed by atoms with E-state index in [1.165, 1.54) is 35.2 Å². The normalized spacial score (nSPS) is 18.9. The largest absolute Gasteiger partial charge is 0.460 e. The minimum Gasteiger partial charge on any atom is -0.460 e. The van der Waals surface area contributed by atoms with E-state index in [2.05, 4.69) is 0 Å². The van der Waals surface area contributed by atoms with Crippen LogP contribution in [0.1, 0.15) is 47.4 Å². The predicted octanol–water partition coefficient (Wildman–Crippen LogP) is 5.80. The molecule has 1 saturated carbocycles. The zero-order chi connectivity index (χ0) is 25.9. The van der Waals surface area contributed by atoms with E-state index in [0.717, 1.165) is 6.07 Å². The molecule has 3 aromatic rings. The number of nitrogens with two attached hydrogens (primary N) is 1. The molecule has 2 N–H and O–H groups in total. The van der Waals surface area contributed by atoms with Crippen LogP contribution in [0.5, 0.6) is 0 Å². The van der Waals surface area contributed by atoms with Gasteiger partial charge in [0.25, 0.3) is 11.8 Å². The molecule has 10 heteroatoms. The van der Waals surface area contributed by atoms with Crippen molar-refractivity contribution < 1.29 is 36.0 Å². The monoisotopic (exact) mass is 506 g/mol. The quantitative estimate of drug-likeness (QED) is 0.445. The van der Waals surface area contributed by atoms with Gasteiger partial charge in [0.15, 0.2) is 0 Å². The number of hydrogen-bond acceptors (Lipinski definition) is 3. The van der Waals surface area contributed by atoms with Gasteiger partial charge in [-0.25, -0.2) is 8.78 Å². The lowest BCUT2D eigenvalue weighted by Crippen LogP contribution is -2.42. The third kappa shape index (κ3) is 4.56. The number of nitrogens with zero attached hydrogens (tertiary/aromatic N) is 1. The summed E-state index contributed by atoms with van der Waals surface area (Å²) in [5, 5.41) is 0.240. The summed E-state index contributed by atoms with van der Waals surface area (Å²) < 4.78 is 74.0. The SMILES string of the molecule is NC(=O)C1(Cc2cc3cc(-c4ccc(C(=O)N5CCC(F)(F)CC5)cc4)cc(C(F)(F)F)c3o2)CC1. The molecule has 1 saturated heterocycles. The molecule has 1 aromatic heterocycles. The van der Waals surface area contributed by atoms with Crippen LogP contribution in [0, 0.1) is 5.41 Å². The number of rotatable bonds is 5. The lowest BCUT2D eigenvalue weighted by molar-refractivity contribution is -0.136. The summed E-state index contributed by atoms with van der Waals surface area (Å²) in [7, 11) is 0. The fraction of sp³-hybridized carbons (Fsp3) is 0.385. The Bertz CT molecular complexity index is 1330. The minimum absolute atomic E-state index is 0.0565. The van der Waals surface area contributed by atoms with Crippen molar-refractivity contribution in [2.45, 2.75) is 44.2 Å². The second-order valence-electron chi connectivity index (χ2n) is 9.70. The second kappa shape index (κ2) is 8.31. The molecule has 2 aromatic carbocycles. The van der Waals surface area contributed by atoms with Crippen molar-refractivity contribution in [3.8, 4) is 11.1 Å². The Balaban J connectivity index is 1.44. The number of primary amides is 1. The summed E-state index contributed by atoms with van der Waals surface area (Å²) >= 11 is 0. The van der Waals surface area contributed by atoms with Gasteiger partial charge >= 0.3 is 6.18 Å². The second-order valence-corrected chi connectivity index (χ2v) is 9.70. The van der Waals surface area contributed by atoms with E-state index in [-0.39, 0.29) is 47.4 Å². The first-order chi connectivity index (χ1) is 16.9. The number of amides is 2. The number of hydrogen-bond donors (Lipinski definition) is 1. The van der Waals surface area contributed by atoms with Crippen LogP contribution in [0.25, 0.3) is 22.1 Å². The Hall–Kier alpha value is -3.43. The molecule has 2 fully saturated rings. The molecule has 190 valence electrons. The van der Waals surface area contributed by atoms with Crippen molar-refractivity contribution in [2.24, 2.45) is 11.1 Å². The third-order valence-electron chi connectivity index (χ3n) is 7.11. The van der Waals surface area contributed by atoms with Crippen molar-refractivity contribution in [3.05, 3.63) is 59.4 Å². The molecule has 0 unspecified atom stereocenters. The molecule has 2 aliphatic rings. The molecular weight excluding hydrogens is 483 g/mol. The Kier molecular flexibility index (Phi) is 5.61. The lowest BCUT2D eigenvalue weighted by Gasteiger charge is -2.31. The van der Waals surface area contributed by atoms with Gasteiger partial charge in [0, 0.05) is 43.3 Å². The zero-order valence-electron chi connectivity index (χ0n) is 19.1. The van der Waals surface area contributed by atoms with Gasteiger partial charge in [-0.05, 0) is 54.3 Å². The van der Waals surface area contributed by atoms with Gasteiger partial charge in [-0.2, -0.15) is 13.2 Å². The summed E-state index contributed by atoms with van der Waals surface area (Å²) in [5.74, 6) is -3.40. The van der Waals surface area contributed by atoms with Crippen LogP contribution >= 0.6 is 0 Å². The summed E-state index contributed by atoms with van der Waals surface area (Å²) in [6.07, 6.45) is -4.20. The van der Waals surface area contributed by atoms with Crippen LogP contribution < -0.4 is 5.73 Å². The smallest absolute Gasteiger partial charge is 0.420 e. The molecule has 1 aliphatic heterocycles. The Morgan fingerprint density at radius 3 is 2.14 bits per heavy atom. The summed E-state index contributed by atoms with van der Waals surface area (Å²) in [4.78, 5) is 25.7. The van der Waals surface area contributed by atoms with Gasteiger partial charge in [0.2, 0.25) is 5.91 Å². The van der Waals surface area contributed by atoms with Crippen LogP contribution in [-0.4, -0.2) is 35.7 Å². The van der Waals surface area contributed by atoms with Crippen LogP contribution in [0.4, 0.5) is 22.0 Å². The third-order valence-corrected chi connectivity index (χ3v) is 7.11. The summed E-state index contributed by atoms with van der Waals surface area (Å²) in [5.41, 5.74) is 4.42. The number of piperidine rings is 1. The molecule has 0 bridgehead atoms. The lowest BCUT2D eigenvalue weighted by atomic mass is 9.98. The van der Waals surface area contributed by atoms with E-state index in [0.29, 0.717) is 18.4 Å². The fourth-order valence-corrected chi connectivity index (χ4v) is 4.69. The van der Waals surface area contributed by atoms with E-state index >= 15 is 0 Å². The number of fused-ring (bicyclic) bond motifs is 1. The van der Waals surface area contributed by atoms with E-state index in [9.17, 15) is 31.5 Å². The zero-order valence-corrected chi connectivity index (χ0v) is 19.1. The first-order valence-corrected chi connectivity index (χ1v) is 11.6. The van der Waals surface area contributed by atoms with Crippen molar-refractivity contribution in [1.82, 2.24) is 4.90 Å². The molecular formula is C26H23F5N2O3. The summed E-state index contributed by atoms with van der Waals surface area (Å²) in [6, 6.07) is 10.1. The number of carbonyl (C=O) groups excluding carboxylic acids is 2. The van der Waals surface area contributed by atoms with E-state index < -0.39 is 47.7 Å². The molecule has 0 atom stereocenters. The van der Waals surface area contributed by atoms with Crippen molar-refractivity contribution in [1.29, 1.82) is 0 Å². The Morgan fingerprint density at radius 1 is 0.944 bits per heavy atom. The van der Waals surface area contributed by atoms with Crippen molar-refractivity contribution >= 4 is 22.8 Å². The van der Waals surface area contributed by atoms with E-state index in [4.69, 9.17) is 10.2 Å². The Morgan fingerprint density at radius 2 is 1.58 bits per heavy atom. The van der Waals surface area contributed by atoms with Gasteiger partial charge in [-0.1, -0.05) is 12.1 Å². The molecule has 2 amide bonds. The number of benzene rings is 2. The molecule has 0 spiro atoms. The van der Waals surface area contributed by atoms with Crippen LogP contribution in [0.15, 0.2) is 46.9 Å². The number of likely N-dealkylation sites (tertiary alicyclic amines) is 1. The van der Waals surface area contributed by atoms with Gasteiger partial charge < -0.3 is 15.1 Å². The highest BCUT2D eigenvalue weighted by Crippen LogP contribution is 2.49. The number of carbonyl (C=O) groups is 2. The highest BCUT2D eigenvalue weighted by molar-refractivity contribution is 5.95. The average molecular weight is 506 g/mol. The van der Waals surface area contributed by atoms with Gasteiger partial charge in [-0.3, -0.25) is 9.59 Å². The number of halogens is 5. The molecule has 5 nitrogen and oxygen atoms in total.